The van der Waals surface area contributed by atoms with Gasteiger partial charge in [-0.1, -0.05) is 35.1 Å². The van der Waals surface area contributed by atoms with Gasteiger partial charge in [-0.05, 0) is 53.4 Å². The summed E-state index contributed by atoms with van der Waals surface area (Å²) < 4.78 is 16.3. The third kappa shape index (κ3) is 6.93. The average Bonchev–Trinajstić information content (AvgIpc) is 3.35. The molecular formula is C32H32N4O9S2. The zero-order chi connectivity index (χ0) is 33.1. The van der Waals surface area contributed by atoms with Gasteiger partial charge < -0.3 is 24.6 Å². The number of benzene rings is 2. The predicted molar refractivity (Wildman–Crippen MR) is 177 cm³/mol. The second-order valence-electron chi connectivity index (χ2n) is 11.2. The van der Waals surface area contributed by atoms with Crippen LogP contribution < -0.4 is 10.1 Å². The van der Waals surface area contributed by atoms with Crippen molar-refractivity contribution in [2.45, 2.75) is 31.5 Å². The van der Waals surface area contributed by atoms with Gasteiger partial charge in [0.05, 0.1) is 42.6 Å². The van der Waals surface area contributed by atoms with Crippen LogP contribution in [0.2, 0.25) is 0 Å². The Kier molecular flexibility index (Phi) is 9.96. The molecule has 2 aromatic carbocycles. The molecule has 0 radical (unpaired) electrons. The fraction of sp³-hybridized carbons (Fsp3) is 0.375. The molecule has 2 unspecified atom stereocenters. The summed E-state index contributed by atoms with van der Waals surface area (Å²) >= 11 is 0. The first-order valence-corrected chi connectivity index (χ1v) is 17.4. The first-order chi connectivity index (χ1) is 22.7. The summed E-state index contributed by atoms with van der Waals surface area (Å²) in [5.74, 6) is -0.277. The topological polar surface area (TPSA) is 170 Å². The molecule has 2 aromatic rings. The average molecular weight is 681 g/mol. The van der Waals surface area contributed by atoms with Crippen molar-refractivity contribution in [2.24, 2.45) is 4.99 Å². The minimum absolute atomic E-state index is 0.00812. The van der Waals surface area contributed by atoms with Gasteiger partial charge >= 0.3 is 11.9 Å². The van der Waals surface area contributed by atoms with Crippen molar-refractivity contribution in [3.05, 3.63) is 86.1 Å². The van der Waals surface area contributed by atoms with E-state index in [1.807, 2.05) is 24.3 Å². The van der Waals surface area contributed by atoms with E-state index in [0.717, 1.165) is 58.4 Å². The number of hydrogen-bond acceptors (Lipinski definition) is 13. The Morgan fingerprint density at radius 1 is 1.21 bits per heavy atom. The Balaban J connectivity index is 1.19. The van der Waals surface area contributed by atoms with E-state index in [1.54, 1.807) is 12.1 Å². The number of dihydropyridines is 1. The number of aliphatic imine (C=N–C) groups is 1. The van der Waals surface area contributed by atoms with E-state index >= 15 is 0 Å². The molecular weight excluding hydrogens is 649 g/mol. The first kappa shape index (κ1) is 32.7. The lowest BCUT2D eigenvalue weighted by Gasteiger charge is -2.26. The number of allylic oxidation sites excluding steroid dienone is 1. The molecule has 2 atom stereocenters. The van der Waals surface area contributed by atoms with Crippen molar-refractivity contribution in [1.82, 2.24) is 10.2 Å². The SMILES string of the molecule is COc1cc2c(cc1C(CSSC1=NC(CCCN3CCOCC3)C(=O)C=C1[N+](=O)[O-])OC(=O)O)C(=O)C1=C2NCc2ccccc21. The van der Waals surface area contributed by atoms with Crippen LogP contribution in [0.15, 0.2) is 53.2 Å². The van der Waals surface area contributed by atoms with E-state index in [4.69, 9.17) is 14.2 Å². The molecule has 1 aliphatic carbocycles. The van der Waals surface area contributed by atoms with E-state index in [0.29, 0.717) is 66.3 Å². The van der Waals surface area contributed by atoms with E-state index in [9.17, 15) is 29.6 Å². The highest BCUT2D eigenvalue weighted by molar-refractivity contribution is 8.82. The molecule has 3 aliphatic heterocycles. The minimum atomic E-state index is -1.53. The van der Waals surface area contributed by atoms with E-state index in [-0.39, 0.29) is 16.6 Å². The third-order valence-corrected chi connectivity index (χ3v) is 10.7. The van der Waals surface area contributed by atoms with Gasteiger partial charge in [0.15, 0.2) is 16.6 Å². The predicted octanol–water partition coefficient (Wildman–Crippen LogP) is 4.60. The Bertz CT molecular complexity index is 1720. The molecule has 0 bridgehead atoms. The van der Waals surface area contributed by atoms with Crippen LogP contribution in [-0.4, -0.2) is 89.4 Å². The summed E-state index contributed by atoms with van der Waals surface area (Å²) in [7, 11) is 3.52. The number of fused-ring (bicyclic) bond motifs is 4. The van der Waals surface area contributed by atoms with Crippen LogP contribution in [0.3, 0.4) is 0 Å². The minimum Gasteiger partial charge on any atom is -0.496 e. The molecule has 0 aromatic heterocycles. The van der Waals surface area contributed by atoms with Crippen molar-refractivity contribution >= 4 is 55.6 Å². The number of hydrogen-bond donors (Lipinski definition) is 2. The van der Waals surface area contributed by atoms with Crippen molar-refractivity contribution in [3.63, 3.8) is 0 Å². The van der Waals surface area contributed by atoms with Crippen LogP contribution >= 0.6 is 21.6 Å². The lowest BCUT2D eigenvalue weighted by atomic mass is 9.94. The van der Waals surface area contributed by atoms with Crippen LogP contribution in [0.4, 0.5) is 4.79 Å². The largest absolute Gasteiger partial charge is 0.506 e. The Morgan fingerprint density at radius 3 is 2.74 bits per heavy atom. The number of ether oxygens (including phenoxy) is 3. The van der Waals surface area contributed by atoms with Crippen molar-refractivity contribution < 1.29 is 38.6 Å². The smallest absolute Gasteiger partial charge is 0.496 e. The summed E-state index contributed by atoms with van der Waals surface area (Å²) in [5.41, 5.74) is 4.05. The van der Waals surface area contributed by atoms with Gasteiger partial charge in [0.2, 0.25) is 0 Å². The highest BCUT2D eigenvalue weighted by Crippen LogP contribution is 2.45. The van der Waals surface area contributed by atoms with Crippen LogP contribution in [-0.2, 0) is 20.8 Å². The Hall–Kier alpha value is -4.18. The standard InChI is InChI=1S/C32H32N4O9S2/c1-43-26-14-20-21(30(38)28-19-6-3-2-5-18(19)16-33-29(20)28)13-22(26)27(45-32(39)40)17-46-47-31-24(36(41)42)15-25(37)23(34-31)7-4-8-35-9-11-44-12-10-35/h2-3,5-6,13-15,23,27,33H,4,7-12,16-17H2,1H3,(H,39,40). The molecule has 6 rings (SSSR count). The monoisotopic (exact) mass is 680 g/mol. The molecule has 0 saturated carbocycles. The molecule has 246 valence electrons. The molecule has 2 N–H and O–H groups in total. The van der Waals surface area contributed by atoms with Crippen molar-refractivity contribution in [2.75, 3.05) is 45.7 Å². The highest BCUT2D eigenvalue weighted by Gasteiger charge is 2.37. The molecule has 1 fully saturated rings. The number of rotatable bonds is 11. The van der Waals surface area contributed by atoms with Crippen LogP contribution in [0, 0.1) is 10.1 Å². The first-order valence-electron chi connectivity index (χ1n) is 15.1. The molecule has 15 heteroatoms. The summed E-state index contributed by atoms with van der Waals surface area (Å²) in [6, 6.07) is 10.2. The number of nitrogens with one attached hydrogen (secondary N) is 1. The lowest BCUT2D eigenvalue weighted by Crippen LogP contribution is -2.37. The molecule has 3 heterocycles. The number of ketones is 2. The number of carbonyl (C=O) groups is 3. The summed E-state index contributed by atoms with van der Waals surface area (Å²) in [5, 5.41) is 24.8. The third-order valence-electron chi connectivity index (χ3n) is 8.40. The van der Waals surface area contributed by atoms with Crippen molar-refractivity contribution in [1.29, 1.82) is 0 Å². The summed E-state index contributed by atoms with van der Waals surface area (Å²) in [4.78, 5) is 56.1. The fourth-order valence-electron chi connectivity index (χ4n) is 6.10. The van der Waals surface area contributed by atoms with Gasteiger partial charge in [-0.15, -0.1) is 0 Å². The number of nitrogens with zero attached hydrogens (tertiary/aromatic N) is 3. The molecule has 0 spiro atoms. The Labute approximate surface area is 278 Å². The molecule has 13 nitrogen and oxygen atoms in total. The van der Waals surface area contributed by atoms with Gasteiger partial charge in [0.25, 0.3) is 0 Å². The van der Waals surface area contributed by atoms with Gasteiger partial charge in [0, 0.05) is 42.1 Å². The number of carbonyl (C=O) groups excluding carboxylic acids is 2. The number of morpholine rings is 1. The fourth-order valence-corrected chi connectivity index (χ4v) is 8.34. The van der Waals surface area contributed by atoms with Gasteiger partial charge in [-0.2, -0.15) is 0 Å². The second kappa shape index (κ2) is 14.3. The van der Waals surface area contributed by atoms with Crippen LogP contribution in [0.1, 0.15) is 51.6 Å². The maximum absolute atomic E-state index is 13.7. The molecule has 0 amide bonds. The number of carboxylic acid groups (broad SMARTS) is 1. The normalized spacial score (nSPS) is 19.6. The summed E-state index contributed by atoms with van der Waals surface area (Å²) in [6.07, 6.45) is -0.466. The van der Waals surface area contributed by atoms with Gasteiger partial charge in [-0.3, -0.25) is 29.6 Å². The number of Topliss-reactive ketones (excluding diaryl/α,β-unsaturated/α-hetero) is 1. The van der Waals surface area contributed by atoms with Gasteiger partial charge in [0.1, 0.15) is 17.9 Å². The lowest BCUT2D eigenvalue weighted by molar-refractivity contribution is -0.414. The molecule has 1 saturated heterocycles. The molecule has 4 aliphatic rings. The quantitative estimate of drug-likeness (QED) is 0.146. The summed E-state index contributed by atoms with van der Waals surface area (Å²) in [6.45, 7) is 4.28. The Morgan fingerprint density at radius 2 is 2.00 bits per heavy atom. The van der Waals surface area contributed by atoms with Crippen LogP contribution in [0.25, 0.3) is 11.3 Å². The van der Waals surface area contributed by atoms with Gasteiger partial charge in [-0.25, -0.2) is 4.79 Å². The second-order valence-corrected chi connectivity index (χ2v) is 13.5. The maximum Gasteiger partial charge on any atom is 0.506 e. The zero-order valence-corrected chi connectivity index (χ0v) is 27.1. The molecule has 47 heavy (non-hydrogen) atoms. The van der Waals surface area contributed by atoms with Crippen molar-refractivity contribution in [3.8, 4) is 5.75 Å². The maximum atomic E-state index is 13.7. The number of methoxy groups -OCH3 is 1. The van der Waals surface area contributed by atoms with E-state index < -0.39 is 34.7 Å². The van der Waals surface area contributed by atoms with E-state index in [1.165, 1.54) is 7.11 Å². The van der Waals surface area contributed by atoms with Crippen LogP contribution in [0.5, 0.6) is 5.75 Å². The highest BCUT2D eigenvalue weighted by atomic mass is 33.1. The zero-order valence-electron chi connectivity index (χ0n) is 25.4. The van der Waals surface area contributed by atoms with E-state index in [2.05, 4.69) is 15.2 Å². The number of nitro groups is 1.